The Bertz CT molecular complexity index is 1710. The maximum Gasteiger partial charge on any atom is 0.268 e. The van der Waals surface area contributed by atoms with Crippen LogP contribution in [-0.4, -0.2) is 49.4 Å². The molecule has 0 unspecified atom stereocenters. The second-order valence-electron chi connectivity index (χ2n) is 9.97. The van der Waals surface area contributed by atoms with Gasteiger partial charge in [-0.3, -0.25) is 9.36 Å². The molecule has 0 radical (unpaired) electrons. The molecule has 1 fully saturated rings. The van der Waals surface area contributed by atoms with Crippen molar-refractivity contribution in [3.63, 3.8) is 0 Å². The smallest absolute Gasteiger partial charge is 0.268 e. The number of terminal acetylenes is 1. The molecule has 2 aromatic carbocycles. The number of hydrogen-bond donors (Lipinski definition) is 1. The Kier molecular flexibility index (Phi) is 6.66. The van der Waals surface area contributed by atoms with Gasteiger partial charge in [0.25, 0.3) is 5.56 Å². The summed E-state index contributed by atoms with van der Waals surface area (Å²) in [6.45, 7) is 2.54. The molecule has 0 saturated carbocycles. The van der Waals surface area contributed by atoms with Gasteiger partial charge in [-0.1, -0.05) is 36.3 Å². The van der Waals surface area contributed by atoms with Gasteiger partial charge in [0.2, 0.25) is 5.95 Å². The number of nitrogens with one attached hydrogen (secondary N) is 1. The summed E-state index contributed by atoms with van der Waals surface area (Å²) in [5.74, 6) is 3.53. The number of likely N-dealkylation sites (tertiary alicyclic amines) is 1. The molecule has 8 nitrogen and oxygen atoms in total. The molecule has 0 aliphatic carbocycles. The zero-order chi connectivity index (χ0) is 26.8. The topological polar surface area (TPSA) is 80.9 Å². The van der Waals surface area contributed by atoms with E-state index in [1.54, 1.807) is 27.7 Å². The molecule has 8 heteroatoms. The number of benzene rings is 2. The van der Waals surface area contributed by atoms with Crippen molar-refractivity contribution in [2.75, 3.05) is 25.5 Å². The summed E-state index contributed by atoms with van der Waals surface area (Å²) in [5.41, 5.74) is 4.56. The summed E-state index contributed by atoms with van der Waals surface area (Å²) >= 11 is 0. The van der Waals surface area contributed by atoms with Crippen molar-refractivity contribution in [2.24, 2.45) is 0 Å². The van der Waals surface area contributed by atoms with Gasteiger partial charge in [0, 0.05) is 29.7 Å². The normalized spacial score (nSPS) is 14.4. The number of pyridine rings is 1. The van der Waals surface area contributed by atoms with Gasteiger partial charge in [-0.25, -0.2) is 9.67 Å². The molecule has 194 valence electrons. The van der Waals surface area contributed by atoms with E-state index in [2.05, 4.69) is 57.5 Å². The molecule has 0 amide bonds. The minimum absolute atomic E-state index is 0.271. The van der Waals surface area contributed by atoms with E-state index in [0.29, 0.717) is 22.9 Å². The predicted molar refractivity (Wildman–Crippen MR) is 154 cm³/mol. The lowest BCUT2D eigenvalue weighted by Crippen LogP contribution is -2.29. The zero-order valence-electron chi connectivity index (χ0n) is 21.8. The lowest BCUT2D eigenvalue weighted by molar-refractivity contribution is 0.255. The van der Waals surface area contributed by atoms with E-state index >= 15 is 0 Å². The number of anilines is 2. The van der Waals surface area contributed by atoms with E-state index in [1.165, 1.54) is 18.4 Å². The highest BCUT2D eigenvalue weighted by Gasteiger charge is 2.18. The highest BCUT2D eigenvalue weighted by Crippen LogP contribution is 2.29. The Balaban J connectivity index is 1.33. The quantitative estimate of drug-likeness (QED) is 0.334. The van der Waals surface area contributed by atoms with E-state index < -0.39 is 0 Å². The summed E-state index contributed by atoms with van der Waals surface area (Å²) in [6.07, 6.45) is 13.3. The van der Waals surface area contributed by atoms with E-state index in [4.69, 9.17) is 11.4 Å². The van der Waals surface area contributed by atoms with Crippen molar-refractivity contribution >= 4 is 22.7 Å². The number of rotatable bonds is 6. The Morgan fingerprint density at radius 2 is 1.87 bits per heavy atom. The van der Waals surface area contributed by atoms with Crippen molar-refractivity contribution in [2.45, 2.75) is 25.3 Å². The molecule has 0 bridgehead atoms. The predicted octanol–water partition coefficient (Wildman–Crippen LogP) is 4.56. The van der Waals surface area contributed by atoms with E-state index in [0.717, 1.165) is 30.0 Å². The molecule has 39 heavy (non-hydrogen) atoms. The molecule has 4 heterocycles. The SMILES string of the molecule is C#Cc1cc2cnc(Nc3ccc(C4CCN(C)CC4)cc3)nc2n(Cc2ccccc2-n2cccn2)c1=O. The number of piperidine rings is 1. The Morgan fingerprint density at radius 3 is 2.62 bits per heavy atom. The van der Waals surface area contributed by atoms with Crippen LogP contribution >= 0.6 is 0 Å². The molecule has 3 aromatic heterocycles. The molecule has 5 aromatic rings. The Hall–Kier alpha value is -4.74. The van der Waals surface area contributed by atoms with Gasteiger partial charge in [-0.15, -0.1) is 6.42 Å². The van der Waals surface area contributed by atoms with Gasteiger partial charge in [0.1, 0.15) is 5.65 Å². The van der Waals surface area contributed by atoms with Gasteiger partial charge >= 0.3 is 0 Å². The van der Waals surface area contributed by atoms with Crippen LogP contribution in [0.1, 0.15) is 35.4 Å². The van der Waals surface area contributed by atoms with Gasteiger partial charge in [-0.05, 0) is 80.4 Å². The van der Waals surface area contributed by atoms with Crippen LogP contribution in [0.15, 0.2) is 84.0 Å². The fourth-order valence-electron chi connectivity index (χ4n) is 5.23. The van der Waals surface area contributed by atoms with Crippen LogP contribution in [0.3, 0.4) is 0 Å². The highest BCUT2D eigenvalue weighted by molar-refractivity contribution is 5.77. The Morgan fingerprint density at radius 1 is 1.08 bits per heavy atom. The molecule has 1 N–H and O–H groups in total. The third-order valence-corrected chi connectivity index (χ3v) is 7.41. The first kappa shape index (κ1) is 24.6. The maximum absolute atomic E-state index is 13.4. The molecular weight excluding hydrogens is 486 g/mol. The summed E-state index contributed by atoms with van der Waals surface area (Å²) in [6, 6.07) is 19.9. The summed E-state index contributed by atoms with van der Waals surface area (Å²) < 4.78 is 3.40. The third kappa shape index (κ3) is 5.05. The molecule has 1 saturated heterocycles. The summed E-state index contributed by atoms with van der Waals surface area (Å²) in [4.78, 5) is 25.1. The van der Waals surface area contributed by atoms with Crippen molar-refractivity contribution in [3.8, 4) is 18.0 Å². The van der Waals surface area contributed by atoms with Gasteiger partial charge in [0.05, 0.1) is 17.8 Å². The first-order valence-electron chi connectivity index (χ1n) is 13.1. The third-order valence-electron chi connectivity index (χ3n) is 7.41. The molecule has 6 rings (SSSR count). The van der Waals surface area contributed by atoms with E-state index in [1.807, 2.05) is 36.5 Å². The minimum Gasteiger partial charge on any atom is -0.324 e. The molecule has 0 atom stereocenters. The second-order valence-corrected chi connectivity index (χ2v) is 9.97. The standard InChI is InChI=1S/C31H29N7O/c1-3-22-19-26-20-32-31(34-27-11-9-23(10-12-27)24-13-17-36(2)18-14-24)35-29(26)37(30(22)39)21-25-7-4-5-8-28(25)38-16-6-15-33-38/h1,4-12,15-16,19-20,24H,13-14,17-18,21H2,2H3,(H,32,34,35). The lowest BCUT2D eigenvalue weighted by Gasteiger charge is -2.29. The first-order valence-corrected chi connectivity index (χ1v) is 13.1. The number of aromatic nitrogens is 5. The average Bonchev–Trinajstić information content (AvgIpc) is 3.51. The maximum atomic E-state index is 13.4. The Labute approximate surface area is 227 Å². The van der Waals surface area contributed by atoms with E-state index in [-0.39, 0.29) is 17.7 Å². The van der Waals surface area contributed by atoms with Crippen molar-refractivity contribution < 1.29 is 0 Å². The zero-order valence-corrected chi connectivity index (χ0v) is 21.8. The van der Waals surface area contributed by atoms with Gasteiger partial charge in [-0.2, -0.15) is 10.1 Å². The monoisotopic (exact) mass is 515 g/mol. The van der Waals surface area contributed by atoms with Crippen LogP contribution in [0.5, 0.6) is 0 Å². The first-order chi connectivity index (χ1) is 19.1. The van der Waals surface area contributed by atoms with Crippen LogP contribution in [0.2, 0.25) is 0 Å². The molecule has 0 spiro atoms. The molecule has 1 aliphatic heterocycles. The van der Waals surface area contributed by atoms with Crippen LogP contribution in [-0.2, 0) is 6.54 Å². The summed E-state index contributed by atoms with van der Waals surface area (Å²) in [5, 5.41) is 8.37. The number of para-hydroxylation sites is 1. The minimum atomic E-state index is -0.271. The van der Waals surface area contributed by atoms with Crippen molar-refractivity contribution in [3.05, 3.63) is 106 Å². The number of fused-ring (bicyclic) bond motifs is 1. The highest BCUT2D eigenvalue weighted by atomic mass is 16.1. The van der Waals surface area contributed by atoms with Crippen LogP contribution in [0, 0.1) is 12.3 Å². The van der Waals surface area contributed by atoms with Gasteiger partial charge < -0.3 is 10.2 Å². The lowest BCUT2D eigenvalue weighted by atomic mass is 9.89. The number of nitrogens with zero attached hydrogens (tertiary/aromatic N) is 6. The molecular formula is C31H29N7O. The summed E-state index contributed by atoms with van der Waals surface area (Å²) in [7, 11) is 2.18. The van der Waals surface area contributed by atoms with Crippen molar-refractivity contribution in [1.29, 1.82) is 0 Å². The fourth-order valence-corrected chi connectivity index (χ4v) is 5.23. The van der Waals surface area contributed by atoms with Gasteiger partial charge in [0.15, 0.2) is 0 Å². The van der Waals surface area contributed by atoms with Crippen LogP contribution < -0.4 is 10.9 Å². The van der Waals surface area contributed by atoms with Crippen LogP contribution in [0.4, 0.5) is 11.6 Å². The average molecular weight is 516 g/mol. The molecule has 1 aliphatic rings. The largest absolute Gasteiger partial charge is 0.324 e. The fraction of sp³-hybridized carbons (Fsp3) is 0.226. The van der Waals surface area contributed by atoms with Crippen molar-refractivity contribution in [1.82, 2.24) is 29.2 Å². The van der Waals surface area contributed by atoms with E-state index in [9.17, 15) is 4.79 Å². The van der Waals surface area contributed by atoms with Crippen LogP contribution in [0.25, 0.3) is 16.7 Å². The number of hydrogen-bond acceptors (Lipinski definition) is 6. The second kappa shape index (κ2) is 10.6.